The SMILES string of the molecule is CCCCCCCC(CCCCCCC)P(=O)(O)OC[C@H]1O[C@@H](n2cnc3c(N)ncnc32)C[C@@H]1OP(=O)(O)C(CCCCCCC)CCCCCCC. The number of ether oxygens (including phenoxy) is 1. The Morgan fingerprint density at radius 2 is 1.19 bits per heavy atom. The van der Waals surface area contributed by atoms with Crippen LogP contribution in [0.15, 0.2) is 12.7 Å². The van der Waals surface area contributed by atoms with E-state index >= 15 is 0 Å². The quantitative estimate of drug-likeness (QED) is 0.0475. The van der Waals surface area contributed by atoms with Crippen molar-refractivity contribution in [3.63, 3.8) is 0 Å². The fraction of sp³-hybridized carbons (Fsp3) is 0.875. The average molecular weight is 800 g/mol. The van der Waals surface area contributed by atoms with Gasteiger partial charge in [0.1, 0.15) is 24.2 Å². The van der Waals surface area contributed by atoms with Gasteiger partial charge in [-0.15, -0.1) is 0 Å². The van der Waals surface area contributed by atoms with Crippen LogP contribution < -0.4 is 5.73 Å². The second-order valence-electron chi connectivity index (χ2n) is 15.6. The molecule has 2 aromatic heterocycles. The Bertz CT molecular complexity index is 1370. The lowest BCUT2D eigenvalue weighted by Gasteiger charge is -2.28. The Morgan fingerprint density at radius 3 is 1.67 bits per heavy atom. The van der Waals surface area contributed by atoms with Gasteiger partial charge in [-0.25, -0.2) is 15.0 Å². The highest BCUT2D eigenvalue weighted by Gasteiger charge is 2.45. The number of nitrogens with two attached hydrogens (primary N) is 1. The fourth-order valence-electron chi connectivity index (χ4n) is 7.65. The Labute approximate surface area is 326 Å². The van der Waals surface area contributed by atoms with E-state index in [2.05, 4.69) is 42.6 Å². The molecule has 0 spiro atoms. The van der Waals surface area contributed by atoms with Crippen LogP contribution in [0.1, 0.15) is 194 Å². The minimum absolute atomic E-state index is 0.210. The molecule has 0 amide bonds. The Hall–Kier alpha value is -1.39. The van der Waals surface area contributed by atoms with E-state index in [1.165, 1.54) is 6.33 Å². The lowest BCUT2D eigenvalue weighted by atomic mass is 10.0. The van der Waals surface area contributed by atoms with E-state index in [0.29, 0.717) is 36.8 Å². The second kappa shape index (κ2) is 25.8. The lowest BCUT2D eigenvalue weighted by Crippen LogP contribution is -2.30. The predicted molar refractivity (Wildman–Crippen MR) is 220 cm³/mol. The molecule has 0 saturated carbocycles. The second-order valence-corrected chi connectivity index (χ2v) is 19.8. The van der Waals surface area contributed by atoms with Crippen LogP contribution in [-0.2, 0) is 22.9 Å². The van der Waals surface area contributed by atoms with Crippen molar-refractivity contribution in [2.75, 3.05) is 12.3 Å². The topological polar surface area (TPSA) is 172 Å². The fourth-order valence-corrected chi connectivity index (χ4v) is 11.0. The molecule has 1 aliphatic heterocycles. The van der Waals surface area contributed by atoms with Crippen LogP contribution in [0.2, 0.25) is 0 Å². The summed E-state index contributed by atoms with van der Waals surface area (Å²) in [7, 11) is -8.19. The van der Waals surface area contributed by atoms with Crippen molar-refractivity contribution < 1.29 is 32.7 Å². The van der Waals surface area contributed by atoms with Gasteiger partial charge in [-0.05, 0) is 25.7 Å². The molecule has 0 bridgehead atoms. The molecule has 54 heavy (non-hydrogen) atoms. The van der Waals surface area contributed by atoms with Crippen LogP contribution in [0.5, 0.6) is 0 Å². The number of nitrogen functional groups attached to an aromatic ring is 1. The molecule has 0 radical (unpaired) electrons. The molecule has 12 nitrogen and oxygen atoms in total. The van der Waals surface area contributed by atoms with Gasteiger partial charge in [0, 0.05) is 6.42 Å². The van der Waals surface area contributed by atoms with E-state index in [1.54, 1.807) is 10.9 Å². The summed E-state index contributed by atoms with van der Waals surface area (Å²) in [4.78, 5) is 36.0. The number of nitrogens with zero attached hydrogens (tertiary/aromatic N) is 4. The summed E-state index contributed by atoms with van der Waals surface area (Å²) < 4.78 is 48.7. The maximum Gasteiger partial charge on any atom is 0.331 e. The Balaban J connectivity index is 1.81. The third kappa shape index (κ3) is 15.9. The van der Waals surface area contributed by atoms with E-state index in [0.717, 1.165) is 128 Å². The van der Waals surface area contributed by atoms with Crippen LogP contribution in [0.25, 0.3) is 11.2 Å². The smallest absolute Gasteiger partial charge is 0.331 e. The molecular formula is C40H75N5O7P2. The maximum absolute atomic E-state index is 14.3. The molecule has 0 aliphatic carbocycles. The standard InChI is InChI=1S/C40H75N5O7P2/c1-5-9-13-17-21-25-33(26-22-18-14-10-6-2)53(46,47)50-30-36-35(29-37(51-36)45-32-44-38-39(41)42-31-43-40(38)45)52-54(48,49)34(27-23-19-15-11-7-3)28-24-20-16-12-8-4/h31-37H,5-30H2,1-4H3,(H,46,47)(H,48,49)(H2,41,42,43)/t35-,36+,37+/m0/s1. The van der Waals surface area contributed by atoms with Gasteiger partial charge in [0.05, 0.1) is 30.4 Å². The zero-order chi connectivity index (χ0) is 39.2. The van der Waals surface area contributed by atoms with Gasteiger partial charge in [-0.1, -0.05) is 156 Å². The minimum atomic E-state index is -4.13. The highest BCUT2D eigenvalue weighted by molar-refractivity contribution is 7.53. The number of anilines is 1. The number of rotatable bonds is 32. The van der Waals surface area contributed by atoms with Crippen LogP contribution in [-0.4, -0.2) is 59.4 Å². The molecule has 0 aromatic carbocycles. The summed E-state index contributed by atoms with van der Waals surface area (Å²) in [5.41, 5.74) is 6.01. The number of imidazole rings is 1. The molecule has 4 N–H and O–H groups in total. The highest BCUT2D eigenvalue weighted by atomic mass is 31.2. The van der Waals surface area contributed by atoms with Crippen molar-refractivity contribution >= 4 is 32.2 Å². The Kier molecular flexibility index (Phi) is 22.4. The van der Waals surface area contributed by atoms with Gasteiger partial charge in [0.2, 0.25) is 0 Å². The first-order chi connectivity index (χ1) is 26.1. The van der Waals surface area contributed by atoms with Crippen molar-refractivity contribution in [3.05, 3.63) is 12.7 Å². The van der Waals surface area contributed by atoms with E-state index in [9.17, 15) is 18.9 Å². The zero-order valence-corrected chi connectivity index (χ0v) is 35.9. The highest BCUT2D eigenvalue weighted by Crippen LogP contribution is 2.56. The van der Waals surface area contributed by atoms with E-state index in [1.807, 2.05) is 0 Å². The monoisotopic (exact) mass is 800 g/mol. The largest absolute Gasteiger partial charge is 0.382 e. The third-order valence-electron chi connectivity index (χ3n) is 11.1. The average Bonchev–Trinajstić information content (AvgIpc) is 3.76. The number of unbranched alkanes of at least 4 members (excludes halogenated alkanes) is 16. The van der Waals surface area contributed by atoms with Crippen molar-refractivity contribution in [1.29, 1.82) is 0 Å². The molecule has 312 valence electrons. The number of aromatic nitrogens is 4. The van der Waals surface area contributed by atoms with Crippen molar-refractivity contribution in [2.24, 2.45) is 0 Å². The summed E-state index contributed by atoms with van der Waals surface area (Å²) >= 11 is 0. The third-order valence-corrected chi connectivity index (χ3v) is 15.0. The van der Waals surface area contributed by atoms with Crippen LogP contribution >= 0.6 is 15.2 Å². The molecule has 1 aliphatic rings. The van der Waals surface area contributed by atoms with Crippen LogP contribution in [0.4, 0.5) is 5.82 Å². The first-order valence-electron chi connectivity index (χ1n) is 21.6. The maximum atomic E-state index is 14.3. The molecule has 1 saturated heterocycles. The molecule has 3 rings (SSSR count). The van der Waals surface area contributed by atoms with Gasteiger partial charge in [-0.3, -0.25) is 13.7 Å². The lowest BCUT2D eigenvalue weighted by molar-refractivity contribution is -0.0375. The van der Waals surface area contributed by atoms with Gasteiger partial charge in [0.15, 0.2) is 11.5 Å². The van der Waals surface area contributed by atoms with Gasteiger partial charge >= 0.3 is 15.2 Å². The van der Waals surface area contributed by atoms with Crippen molar-refractivity contribution in [1.82, 2.24) is 19.5 Å². The molecule has 2 unspecified atom stereocenters. The van der Waals surface area contributed by atoms with Crippen LogP contribution in [0.3, 0.4) is 0 Å². The first-order valence-corrected chi connectivity index (χ1v) is 24.9. The van der Waals surface area contributed by atoms with Gasteiger partial charge in [0.25, 0.3) is 0 Å². The summed E-state index contributed by atoms with van der Waals surface area (Å²) in [6.07, 6.45) is 24.5. The normalized spacial score (nSPS) is 20.0. The van der Waals surface area contributed by atoms with Crippen molar-refractivity contribution in [3.8, 4) is 0 Å². The zero-order valence-electron chi connectivity index (χ0n) is 34.1. The Morgan fingerprint density at radius 1 is 0.722 bits per heavy atom. The number of hydrogen-bond acceptors (Lipinski definition) is 9. The molecular weight excluding hydrogens is 724 g/mol. The molecule has 3 heterocycles. The van der Waals surface area contributed by atoms with Crippen molar-refractivity contribution in [2.45, 2.75) is 218 Å². The van der Waals surface area contributed by atoms with Crippen LogP contribution in [0, 0.1) is 0 Å². The molecule has 2 aromatic rings. The van der Waals surface area contributed by atoms with E-state index in [4.69, 9.17) is 19.5 Å². The molecule has 14 heteroatoms. The summed E-state index contributed by atoms with van der Waals surface area (Å²) in [5, 5.41) is 0. The first kappa shape index (κ1) is 47.0. The van der Waals surface area contributed by atoms with Gasteiger partial charge < -0.3 is 29.3 Å². The summed E-state index contributed by atoms with van der Waals surface area (Å²) in [5.74, 6) is 0.238. The predicted octanol–water partition coefficient (Wildman–Crippen LogP) is 11.6. The van der Waals surface area contributed by atoms with E-state index < -0.39 is 44.9 Å². The number of hydrogen-bond donors (Lipinski definition) is 3. The van der Waals surface area contributed by atoms with Gasteiger partial charge in [-0.2, -0.15) is 0 Å². The minimum Gasteiger partial charge on any atom is -0.382 e. The molecule has 1 fully saturated rings. The summed E-state index contributed by atoms with van der Waals surface area (Å²) in [6, 6.07) is 0. The summed E-state index contributed by atoms with van der Waals surface area (Å²) in [6.45, 7) is 8.48. The number of fused-ring (bicyclic) bond motifs is 1. The van der Waals surface area contributed by atoms with E-state index in [-0.39, 0.29) is 18.8 Å². The molecule has 5 atom stereocenters.